The predicted octanol–water partition coefficient (Wildman–Crippen LogP) is 6.03. The third kappa shape index (κ3) is 6.06. The van der Waals surface area contributed by atoms with Crippen molar-refractivity contribution in [3.8, 4) is 0 Å². The molecule has 0 amide bonds. The summed E-state index contributed by atoms with van der Waals surface area (Å²) in [6.07, 6.45) is 7.74. The smallest absolute Gasteiger partial charge is 0.192 e. The zero-order valence-electron chi connectivity index (χ0n) is 14.3. The highest BCUT2D eigenvalue weighted by Crippen LogP contribution is 2.38. The Labute approximate surface area is 127 Å². The minimum atomic E-state index is -1.79. The summed E-state index contributed by atoms with van der Waals surface area (Å²) in [4.78, 5) is 0. The fourth-order valence-corrected chi connectivity index (χ4v) is 2.96. The second-order valence-electron chi connectivity index (χ2n) is 6.93. The maximum atomic E-state index is 6.50. The summed E-state index contributed by atoms with van der Waals surface area (Å²) in [6, 6.07) is 0. The molecule has 0 radical (unpaired) electrons. The van der Waals surface area contributed by atoms with Crippen LogP contribution in [0.3, 0.4) is 0 Å². The minimum Gasteiger partial charge on any atom is -0.410 e. The van der Waals surface area contributed by atoms with Crippen LogP contribution in [0.4, 0.5) is 0 Å². The molecule has 0 N–H and O–H groups in total. The van der Waals surface area contributed by atoms with Crippen molar-refractivity contribution in [2.45, 2.75) is 64.8 Å². The fraction of sp³-hybridized carbons (Fsp3) is 0.556. The van der Waals surface area contributed by atoms with Crippen molar-refractivity contribution in [2.75, 3.05) is 0 Å². The molecule has 0 heterocycles. The molecule has 114 valence electrons. The van der Waals surface area contributed by atoms with E-state index in [1.54, 1.807) is 0 Å². The number of hydrogen-bond acceptors (Lipinski definition) is 1. The molecule has 0 aromatic rings. The van der Waals surface area contributed by atoms with Gasteiger partial charge in [-0.05, 0) is 43.5 Å². The van der Waals surface area contributed by atoms with Gasteiger partial charge in [-0.3, -0.25) is 0 Å². The van der Waals surface area contributed by atoms with Gasteiger partial charge in [0, 0.05) is 0 Å². The molecule has 0 aliphatic rings. The van der Waals surface area contributed by atoms with Crippen LogP contribution >= 0.6 is 0 Å². The Balaban J connectivity index is 4.92. The molecule has 0 bridgehead atoms. The van der Waals surface area contributed by atoms with Gasteiger partial charge in [0.15, 0.2) is 8.32 Å². The molecule has 0 fully saturated rings. The van der Waals surface area contributed by atoms with Crippen molar-refractivity contribution in [3.05, 3.63) is 49.1 Å². The highest BCUT2D eigenvalue weighted by Gasteiger charge is 2.39. The first-order chi connectivity index (χ1) is 9.05. The second-order valence-corrected chi connectivity index (χ2v) is 11.7. The van der Waals surface area contributed by atoms with Crippen LogP contribution in [0.1, 0.15) is 40.5 Å². The van der Waals surface area contributed by atoms with Crippen LogP contribution in [0, 0.1) is 0 Å². The van der Waals surface area contributed by atoms with Gasteiger partial charge in [-0.15, -0.1) is 0 Å². The summed E-state index contributed by atoms with van der Waals surface area (Å²) in [6.45, 7) is 25.1. The molecular formula is C18H32OSi. The maximum Gasteiger partial charge on any atom is 0.192 e. The highest BCUT2D eigenvalue weighted by molar-refractivity contribution is 6.74. The third-order valence-electron chi connectivity index (χ3n) is 4.12. The lowest BCUT2D eigenvalue weighted by molar-refractivity contribution is 0.208. The normalized spacial score (nSPS) is 14.8. The SMILES string of the molecule is C=C/C=C(\C)CCC(O[Si](C)(C)C(C)(C)C)C(=C)C=C. The Morgan fingerprint density at radius 1 is 1.25 bits per heavy atom. The lowest BCUT2D eigenvalue weighted by atomic mass is 10.0. The summed E-state index contributed by atoms with van der Waals surface area (Å²) >= 11 is 0. The van der Waals surface area contributed by atoms with Crippen LogP contribution in [0.15, 0.2) is 49.1 Å². The van der Waals surface area contributed by atoms with Crippen molar-refractivity contribution in [2.24, 2.45) is 0 Å². The van der Waals surface area contributed by atoms with Gasteiger partial charge >= 0.3 is 0 Å². The molecule has 0 aromatic carbocycles. The monoisotopic (exact) mass is 292 g/mol. The summed E-state index contributed by atoms with van der Waals surface area (Å²) < 4.78 is 6.50. The largest absolute Gasteiger partial charge is 0.410 e. The first-order valence-corrected chi connectivity index (χ1v) is 10.2. The average Bonchev–Trinajstić information content (AvgIpc) is 2.32. The number of allylic oxidation sites excluding steroid dienone is 3. The standard InChI is InChI=1S/C18H32OSi/c1-10-12-15(3)13-14-17(16(4)11-2)19-20(8,9)18(5,6)7/h10-12,17H,1-2,4,13-14H2,3,5-9H3/b15-12+. The first-order valence-electron chi connectivity index (χ1n) is 7.32. The van der Waals surface area contributed by atoms with Gasteiger partial charge in [-0.25, -0.2) is 0 Å². The molecule has 0 aromatic heterocycles. The number of hydrogen-bond donors (Lipinski definition) is 0. The van der Waals surface area contributed by atoms with Gasteiger partial charge in [0.25, 0.3) is 0 Å². The van der Waals surface area contributed by atoms with E-state index < -0.39 is 8.32 Å². The van der Waals surface area contributed by atoms with E-state index in [1.807, 2.05) is 12.2 Å². The van der Waals surface area contributed by atoms with E-state index in [1.165, 1.54) is 5.57 Å². The zero-order chi connectivity index (χ0) is 16.0. The van der Waals surface area contributed by atoms with Crippen LogP contribution in [-0.2, 0) is 4.43 Å². The van der Waals surface area contributed by atoms with Gasteiger partial charge in [-0.1, -0.05) is 64.3 Å². The van der Waals surface area contributed by atoms with E-state index in [2.05, 4.69) is 66.6 Å². The molecular weight excluding hydrogens is 260 g/mol. The Hall–Kier alpha value is -0.863. The van der Waals surface area contributed by atoms with Crippen LogP contribution in [0.2, 0.25) is 18.1 Å². The average molecular weight is 293 g/mol. The van der Waals surface area contributed by atoms with E-state index in [9.17, 15) is 0 Å². The van der Waals surface area contributed by atoms with E-state index in [0.29, 0.717) is 0 Å². The highest BCUT2D eigenvalue weighted by atomic mass is 28.4. The molecule has 2 heteroatoms. The van der Waals surface area contributed by atoms with Crippen LogP contribution in [0.25, 0.3) is 0 Å². The first kappa shape index (κ1) is 19.1. The van der Waals surface area contributed by atoms with Crippen LogP contribution in [0.5, 0.6) is 0 Å². The molecule has 20 heavy (non-hydrogen) atoms. The van der Waals surface area contributed by atoms with Gasteiger partial charge in [0.1, 0.15) is 0 Å². The van der Waals surface area contributed by atoms with Gasteiger partial charge < -0.3 is 4.43 Å². The van der Waals surface area contributed by atoms with Crippen molar-refractivity contribution in [3.63, 3.8) is 0 Å². The molecule has 0 saturated carbocycles. The van der Waals surface area contributed by atoms with E-state index in [0.717, 1.165) is 18.4 Å². The quantitative estimate of drug-likeness (QED) is 0.392. The maximum absolute atomic E-state index is 6.50. The van der Waals surface area contributed by atoms with E-state index >= 15 is 0 Å². The van der Waals surface area contributed by atoms with Crippen molar-refractivity contribution < 1.29 is 4.43 Å². The molecule has 1 nitrogen and oxygen atoms in total. The van der Waals surface area contributed by atoms with Crippen molar-refractivity contribution in [1.29, 1.82) is 0 Å². The van der Waals surface area contributed by atoms with E-state index in [-0.39, 0.29) is 11.1 Å². The predicted molar refractivity (Wildman–Crippen MR) is 94.6 cm³/mol. The van der Waals surface area contributed by atoms with Gasteiger partial charge in [-0.2, -0.15) is 0 Å². The summed E-state index contributed by atoms with van der Waals surface area (Å²) in [5, 5.41) is 0.207. The van der Waals surface area contributed by atoms with Crippen molar-refractivity contribution >= 4 is 8.32 Å². The fourth-order valence-electron chi connectivity index (χ4n) is 1.63. The lowest BCUT2D eigenvalue weighted by Gasteiger charge is -2.39. The summed E-state index contributed by atoms with van der Waals surface area (Å²) in [5.41, 5.74) is 2.31. The molecule has 0 aliphatic carbocycles. The van der Waals surface area contributed by atoms with Crippen LogP contribution in [-0.4, -0.2) is 14.4 Å². The van der Waals surface area contributed by atoms with Crippen molar-refractivity contribution in [1.82, 2.24) is 0 Å². The Kier molecular flexibility index (Phi) is 7.46. The molecule has 0 saturated heterocycles. The molecule has 0 spiro atoms. The van der Waals surface area contributed by atoms with Gasteiger partial charge in [0.2, 0.25) is 0 Å². The minimum absolute atomic E-state index is 0.0709. The van der Waals surface area contributed by atoms with E-state index in [4.69, 9.17) is 4.43 Å². The van der Waals surface area contributed by atoms with Crippen LogP contribution < -0.4 is 0 Å². The molecule has 0 aliphatic heterocycles. The number of rotatable bonds is 8. The molecule has 1 atom stereocenters. The third-order valence-corrected chi connectivity index (χ3v) is 8.61. The summed E-state index contributed by atoms with van der Waals surface area (Å²) in [7, 11) is -1.79. The molecule has 0 rings (SSSR count). The Morgan fingerprint density at radius 3 is 2.20 bits per heavy atom. The Bertz CT molecular complexity index is 383. The zero-order valence-corrected chi connectivity index (χ0v) is 15.3. The van der Waals surface area contributed by atoms with Gasteiger partial charge in [0.05, 0.1) is 6.10 Å². The molecule has 1 unspecified atom stereocenters. The second kappa shape index (κ2) is 7.80. The summed E-state index contributed by atoms with van der Waals surface area (Å²) in [5.74, 6) is 0. The lowest BCUT2D eigenvalue weighted by Crippen LogP contribution is -2.44. The Morgan fingerprint density at radius 2 is 1.80 bits per heavy atom. The topological polar surface area (TPSA) is 9.23 Å².